The molecule has 0 saturated carbocycles. The first-order valence-corrected chi connectivity index (χ1v) is 10.4. The zero-order valence-corrected chi connectivity index (χ0v) is 19.2. The number of nitro groups is 1. The Hall–Kier alpha value is -3.99. The average Bonchev–Trinajstić information content (AvgIpc) is 2.74. The van der Waals surface area contributed by atoms with Gasteiger partial charge >= 0.3 is 11.2 Å². The van der Waals surface area contributed by atoms with Crippen molar-refractivity contribution in [3.63, 3.8) is 0 Å². The van der Waals surface area contributed by atoms with Gasteiger partial charge in [0.2, 0.25) is 0 Å². The third-order valence-corrected chi connectivity index (χ3v) is 5.27. The van der Waals surface area contributed by atoms with Crippen LogP contribution >= 0.6 is 15.9 Å². The summed E-state index contributed by atoms with van der Waals surface area (Å²) in [5.41, 5.74) is 1.46. The minimum absolute atomic E-state index is 0.0439. The molecule has 2 aromatic carbocycles. The van der Waals surface area contributed by atoms with Crippen molar-refractivity contribution < 1.29 is 19.6 Å². The van der Waals surface area contributed by atoms with Gasteiger partial charge in [-0.2, -0.15) is 4.98 Å². The molecule has 170 valence electrons. The molecule has 1 amide bonds. The monoisotopic (exact) mass is 514 g/mol. The van der Waals surface area contributed by atoms with E-state index in [0.717, 1.165) is 15.6 Å². The van der Waals surface area contributed by atoms with Gasteiger partial charge in [0.1, 0.15) is 11.6 Å². The molecule has 0 radical (unpaired) electrons. The maximum absolute atomic E-state index is 12.2. The largest absolute Gasteiger partial charge is 0.488 e. The SMILES string of the molecule is Cc1cc(Br)c(NC(=O)COc2ccc(/C=C\c3nc(O)c([N+](=O)[O-])c(=O)[nH]3)cc2)cc1C. The number of carbonyl (C=O) groups excluding carboxylic acids is 1. The van der Waals surface area contributed by atoms with Gasteiger partial charge < -0.3 is 20.1 Å². The van der Waals surface area contributed by atoms with Crippen molar-refractivity contribution in [3.05, 3.63) is 83.9 Å². The molecule has 11 heteroatoms. The molecule has 0 atom stereocenters. The molecule has 0 unspecified atom stereocenters. The topological polar surface area (TPSA) is 147 Å². The molecular weight excluding hydrogens is 496 g/mol. The number of aromatic amines is 1. The third kappa shape index (κ3) is 6.04. The molecule has 0 bridgehead atoms. The van der Waals surface area contributed by atoms with Crippen LogP contribution in [0.3, 0.4) is 0 Å². The van der Waals surface area contributed by atoms with E-state index in [0.29, 0.717) is 17.0 Å². The highest BCUT2D eigenvalue weighted by molar-refractivity contribution is 9.10. The second kappa shape index (κ2) is 10.1. The third-order valence-electron chi connectivity index (χ3n) is 4.62. The Balaban J connectivity index is 1.59. The summed E-state index contributed by atoms with van der Waals surface area (Å²) in [5, 5.41) is 23.1. The van der Waals surface area contributed by atoms with Gasteiger partial charge in [0, 0.05) is 4.47 Å². The summed E-state index contributed by atoms with van der Waals surface area (Å²) < 4.78 is 6.29. The van der Waals surface area contributed by atoms with Gasteiger partial charge in [-0.25, -0.2) is 0 Å². The smallest absolute Gasteiger partial charge is 0.395 e. The number of amides is 1. The molecule has 0 aliphatic rings. The number of nitrogens with one attached hydrogen (secondary N) is 2. The summed E-state index contributed by atoms with van der Waals surface area (Å²) in [6, 6.07) is 10.5. The molecule has 0 aliphatic heterocycles. The van der Waals surface area contributed by atoms with E-state index < -0.39 is 22.0 Å². The summed E-state index contributed by atoms with van der Waals surface area (Å²) in [5.74, 6) is -0.840. The van der Waals surface area contributed by atoms with Gasteiger partial charge in [-0.3, -0.25) is 19.7 Å². The molecule has 0 aliphatic carbocycles. The van der Waals surface area contributed by atoms with Crippen LogP contribution in [0, 0.1) is 24.0 Å². The Morgan fingerprint density at radius 3 is 2.55 bits per heavy atom. The molecule has 10 nitrogen and oxygen atoms in total. The molecule has 0 fully saturated rings. The van der Waals surface area contributed by atoms with Crippen molar-refractivity contribution in [2.75, 3.05) is 11.9 Å². The van der Waals surface area contributed by atoms with Gasteiger partial charge in [-0.15, -0.1) is 0 Å². The number of H-pyrrole nitrogens is 1. The molecule has 3 rings (SSSR count). The maximum Gasteiger partial charge on any atom is 0.395 e. The maximum atomic E-state index is 12.2. The van der Waals surface area contributed by atoms with E-state index in [-0.39, 0.29) is 18.3 Å². The van der Waals surface area contributed by atoms with Crippen LogP contribution in [0.15, 0.2) is 45.7 Å². The number of rotatable bonds is 7. The van der Waals surface area contributed by atoms with Crippen molar-refractivity contribution in [3.8, 4) is 11.6 Å². The molecular formula is C22H19BrN4O6. The molecule has 1 aromatic heterocycles. The van der Waals surface area contributed by atoms with Crippen LogP contribution in [0.4, 0.5) is 11.4 Å². The lowest BCUT2D eigenvalue weighted by Crippen LogP contribution is -2.20. The summed E-state index contributed by atoms with van der Waals surface area (Å²) in [7, 11) is 0. The van der Waals surface area contributed by atoms with E-state index in [9.17, 15) is 24.8 Å². The van der Waals surface area contributed by atoms with E-state index in [4.69, 9.17) is 4.74 Å². The van der Waals surface area contributed by atoms with Crippen LogP contribution in [0.1, 0.15) is 22.5 Å². The van der Waals surface area contributed by atoms with Crippen molar-refractivity contribution >= 4 is 45.4 Å². The lowest BCUT2D eigenvalue weighted by molar-refractivity contribution is -0.387. The number of aromatic hydroxyl groups is 1. The fourth-order valence-electron chi connectivity index (χ4n) is 2.78. The number of hydrogen-bond donors (Lipinski definition) is 3. The number of hydrogen-bond acceptors (Lipinski definition) is 7. The van der Waals surface area contributed by atoms with Crippen molar-refractivity contribution in [1.82, 2.24) is 9.97 Å². The normalized spacial score (nSPS) is 10.9. The minimum Gasteiger partial charge on any atom is -0.488 e. The second-order valence-corrected chi connectivity index (χ2v) is 7.89. The zero-order valence-electron chi connectivity index (χ0n) is 17.6. The number of ether oxygens (including phenoxy) is 1. The number of carbonyl (C=O) groups is 1. The van der Waals surface area contributed by atoms with E-state index in [2.05, 4.69) is 31.2 Å². The standard InChI is InChI=1S/C22H19BrN4O6/c1-12-9-16(23)17(10-13(12)2)24-19(28)11-33-15-6-3-14(4-7-15)5-8-18-25-21(29)20(27(31)32)22(30)26-18/h3-10H,11H2,1-2H3,(H,24,28)(H2,25,26,29,30)/b8-5-. The number of nitrogens with zero attached hydrogens (tertiary/aromatic N) is 2. The van der Waals surface area contributed by atoms with Gasteiger partial charge in [-0.1, -0.05) is 18.2 Å². The van der Waals surface area contributed by atoms with E-state index in [1.54, 1.807) is 30.3 Å². The van der Waals surface area contributed by atoms with Crippen LogP contribution in [0.25, 0.3) is 12.2 Å². The highest BCUT2D eigenvalue weighted by Gasteiger charge is 2.21. The first-order chi connectivity index (χ1) is 15.6. The Labute approximate surface area is 196 Å². The van der Waals surface area contributed by atoms with Gasteiger partial charge in [0.25, 0.3) is 11.8 Å². The first kappa shape index (κ1) is 23.7. The summed E-state index contributed by atoms with van der Waals surface area (Å²) in [6.07, 6.45) is 2.97. The fraction of sp³-hybridized carbons (Fsp3) is 0.136. The van der Waals surface area contributed by atoms with Crippen molar-refractivity contribution in [2.45, 2.75) is 13.8 Å². The lowest BCUT2D eigenvalue weighted by Gasteiger charge is -2.11. The van der Waals surface area contributed by atoms with Crippen LogP contribution in [0.5, 0.6) is 11.6 Å². The Bertz CT molecular complexity index is 1300. The summed E-state index contributed by atoms with van der Waals surface area (Å²) in [6.45, 7) is 3.77. The molecule has 33 heavy (non-hydrogen) atoms. The van der Waals surface area contributed by atoms with Crippen molar-refractivity contribution in [1.29, 1.82) is 0 Å². The summed E-state index contributed by atoms with van der Waals surface area (Å²) >= 11 is 3.43. The summed E-state index contributed by atoms with van der Waals surface area (Å²) in [4.78, 5) is 39.4. The van der Waals surface area contributed by atoms with Crippen LogP contribution < -0.4 is 15.6 Å². The highest BCUT2D eigenvalue weighted by Crippen LogP contribution is 2.26. The van der Waals surface area contributed by atoms with Gasteiger partial charge in [0.15, 0.2) is 6.61 Å². The molecule has 3 aromatic rings. The predicted molar refractivity (Wildman–Crippen MR) is 126 cm³/mol. The molecule has 3 N–H and O–H groups in total. The fourth-order valence-corrected chi connectivity index (χ4v) is 3.33. The Kier molecular flexibility index (Phi) is 7.23. The van der Waals surface area contributed by atoms with Crippen molar-refractivity contribution in [2.24, 2.45) is 0 Å². The second-order valence-electron chi connectivity index (χ2n) is 7.04. The lowest BCUT2D eigenvalue weighted by atomic mass is 10.1. The molecule has 1 heterocycles. The van der Waals surface area contributed by atoms with Gasteiger partial charge in [0.05, 0.1) is 10.6 Å². The van der Waals surface area contributed by atoms with Crippen LogP contribution in [-0.4, -0.2) is 32.5 Å². The molecule has 0 saturated heterocycles. The Morgan fingerprint density at radius 2 is 1.91 bits per heavy atom. The molecule has 0 spiro atoms. The predicted octanol–water partition coefficient (Wildman–Crippen LogP) is 3.95. The zero-order chi connectivity index (χ0) is 24.1. The minimum atomic E-state index is -1.05. The number of halogens is 1. The number of benzene rings is 2. The quantitative estimate of drug-likeness (QED) is 0.319. The van der Waals surface area contributed by atoms with Crippen LogP contribution in [0.2, 0.25) is 0 Å². The van der Waals surface area contributed by atoms with E-state index in [1.807, 2.05) is 26.0 Å². The first-order valence-electron chi connectivity index (χ1n) is 9.59. The highest BCUT2D eigenvalue weighted by atomic mass is 79.9. The number of aryl methyl sites for hydroxylation is 2. The number of aromatic nitrogens is 2. The van der Waals surface area contributed by atoms with E-state index in [1.165, 1.54) is 6.08 Å². The van der Waals surface area contributed by atoms with Crippen LogP contribution in [-0.2, 0) is 4.79 Å². The average molecular weight is 515 g/mol. The number of anilines is 1. The Morgan fingerprint density at radius 1 is 1.24 bits per heavy atom. The van der Waals surface area contributed by atoms with E-state index >= 15 is 0 Å². The van der Waals surface area contributed by atoms with Gasteiger partial charge in [-0.05, 0) is 76.8 Å².